The summed E-state index contributed by atoms with van der Waals surface area (Å²) in [5.74, 6) is -1.26. The van der Waals surface area contributed by atoms with Crippen LogP contribution >= 0.6 is 0 Å². The van der Waals surface area contributed by atoms with Crippen molar-refractivity contribution in [1.82, 2.24) is 0 Å². The van der Waals surface area contributed by atoms with Crippen molar-refractivity contribution < 1.29 is 52.2 Å². The van der Waals surface area contributed by atoms with Gasteiger partial charge in [-0.25, -0.2) is 8.42 Å². The van der Waals surface area contributed by atoms with E-state index in [2.05, 4.69) is 4.18 Å². The lowest BCUT2D eigenvalue weighted by molar-refractivity contribution is -0.298. The van der Waals surface area contributed by atoms with Gasteiger partial charge in [0.2, 0.25) is 10.4 Å². The third-order valence-electron chi connectivity index (χ3n) is 5.86. The van der Waals surface area contributed by atoms with E-state index in [1.54, 1.807) is 24.3 Å². The first-order chi connectivity index (χ1) is 14.6. The fourth-order valence-electron chi connectivity index (χ4n) is 4.26. The van der Waals surface area contributed by atoms with Crippen LogP contribution in [0.1, 0.15) is 18.4 Å². The van der Waals surface area contributed by atoms with Crippen molar-refractivity contribution in [1.29, 1.82) is 0 Å². The summed E-state index contributed by atoms with van der Waals surface area (Å²) in [5, 5.41) is 50.3. The average Bonchev–Trinajstić information content (AvgIpc) is 2.99. The number of benzene rings is 1. The Hall–Kier alpha value is -1.19. The molecule has 11 nitrogen and oxygen atoms in total. The lowest BCUT2D eigenvalue weighted by atomic mass is 9.86. The van der Waals surface area contributed by atoms with Gasteiger partial charge in [0.25, 0.3) is 0 Å². The van der Waals surface area contributed by atoms with Gasteiger partial charge in [-0.3, -0.25) is 4.18 Å². The van der Waals surface area contributed by atoms with E-state index < -0.39 is 71.8 Å². The first-order valence-corrected chi connectivity index (χ1v) is 11.2. The number of ether oxygens (including phenoxy) is 2. The Bertz CT molecular complexity index is 804. The minimum absolute atomic E-state index is 0.0213. The van der Waals surface area contributed by atoms with E-state index in [9.17, 15) is 38.5 Å². The van der Waals surface area contributed by atoms with Crippen molar-refractivity contribution >= 4 is 10.4 Å². The van der Waals surface area contributed by atoms with E-state index in [4.69, 9.17) is 9.47 Å². The van der Waals surface area contributed by atoms with Gasteiger partial charge in [-0.1, -0.05) is 30.3 Å². The predicted octanol–water partition coefficient (Wildman–Crippen LogP) is -1.76. The maximum Gasteiger partial charge on any atom is 0.218 e. The highest BCUT2D eigenvalue weighted by atomic mass is 32.3. The van der Waals surface area contributed by atoms with Crippen LogP contribution in [0.3, 0.4) is 0 Å². The number of aliphatic hydroxyl groups is 5. The zero-order chi connectivity index (χ0) is 22.8. The maximum absolute atomic E-state index is 11.2. The largest absolute Gasteiger partial charge is 0.726 e. The third kappa shape index (κ3) is 5.99. The molecule has 2 aliphatic rings. The zero-order valence-corrected chi connectivity index (χ0v) is 17.3. The second kappa shape index (κ2) is 10.2. The highest BCUT2D eigenvalue weighted by Gasteiger charge is 2.50. The smallest absolute Gasteiger partial charge is 0.218 e. The van der Waals surface area contributed by atoms with Crippen LogP contribution in [0.5, 0.6) is 0 Å². The van der Waals surface area contributed by atoms with Crippen LogP contribution in [0.2, 0.25) is 0 Å². The van der Waals surface area contributed by atoms with E-state index in [0.717, 1.165) is 5.56 Å². The van der Waals surface area contributed by atoms with E-state index in [-0.39, 0.29) is 19.4 Å². The van der Waals surface area contributed by atoms with Crippen LogP contribution in [0.25, 0.3) is 0 Å². The highest BCUT2D eigenvalue weighted by molar-refractivity contribution is 7.80. The summed E-state index contributed by atoms with van der Waals surface area (Å²) >= 11 is 0. The molecular formula is C19H27O11S-. The Morgan fingerprint density at radius 1 is 1.06 bits per heavy atom. The van der Waals surface area contributed by atoms with Gasteiger partial charge < -0.3 is 39.6 Å². The molecule has 2 fully saturated rings. The Morgan fingerprint density at radius 3 is 2.35 bits per heavy atom. The summed E-state index contributed by atoms with van der Waals surface area (Å²) in [7, 11) is -5.25. The number of hydrogen-bond acceptors (Lipinski definition) is 11. The Labute approximate surface area is 179 Å². The number of rotatable bonds is 8. The summed E-state index contributed by atoms with van der Waals surface area (Å²) in [6, 6.07) is 8.91. The maximum atomic E-state index is 11.2. The first-order valence-electron chi connectivity index (χ1n) is 9.89. The molecule has 0 amide bonds. The Morgan fingerprint density at radius 2 is 1.74 bits per heavy atom. The van der Waals surface area contributed by atoms with Gasteiger partial charge in [0, 0.05) is 12.5 Å². The second-order valence-corrected chi connectivity index (χ2v) is 8.93. The van der Waals surface area contributed by atoms with Crippen LogP contribution in [0.4, 0.5) is 0 Å². The molecule has 1 aliphatic carbocycles. The molecule has 1 saturated heterocycles. The summed E-state index contributed by atoms with van der Waals surface area (Å²) in [5.41, 5.74) is 0.757. The molecule has 3 rings (SSSR count). The molecule has 0 unspecified atom stereocenters. The predicted molar refractivity (Wildman–Crippen MR) is 102 cm³/mol. The average molecular weight is 463 g/mol. The van der Waals surface area contributed by atoms with Gasteiger partial charge in [-0.15, -0.1) is 0 Å². The van der Waals surface area contributed by atoms with Crippen molar-refractivity contribution in [2.24, 2.45) is 11.8 Å². The molecule has 12 heteroatoms. The molecule has 1 heterocycles. The molecule has 31 heavy (non-hydrogen) atoms. The molecule has 1 saturated carbocycles. The van der Waals surface area contributed by atoms with Gasteiger partial charge in [0.1, 0.15) is 18.3 Å². The van der Waals surface area contributed by atoms with Crippen LogP contribution in [0, 0.1) is 11.8 Å². The van der Waals surface area contributed by atoms with Gasteiger partial charge in [0.05, 0.1) is 24.9 Å². The Kier molecular flexibility index (Phi) is 8.02. The minimum Gasteiger partial charge on any atom is -0.726 e. The first kappa shape index (κ1) is 24.5. The molecule has 0 aromatic heterocycles. The van der Waals surface area contributed by atoms with Crippen molar-refractivity contribution in [3.05, 3.63) is 35.9 Å². The van der Waals surface area contributed by atoms with Crippen LogP contribution in [-0.4, -0.2) is 88.0 Å². The van der Waals surface area contributed by atoms with E-state index in [0.29, 0.717) is 0 Å². The normalized spacial score (nSPS) is 39.0. The summed E-state index contributed by atoms with van der Waals surface area (Å²) in [6.07, 6.45) is -10.2. The second-order valence-electron chi connectivity index (χ2n) is 7.93. The van der Waals surface area contributed by atoms with E-state index in [1.807, 2.05) is 6.07 Å². The van der Waals surface area contributed by atoms with Gasteiger partial charge in [-0.2, -0.15) is 0 Å². The van der Waals surface area contributed by atoms with Crippen molar-refractivity contribution in [2.75, 3.05) is 6.61 Å². The molecule has 5 N–H and O–H groups in total. The summed E-state index contributed by atoms with van der Waals surface area (Å²) in [6.45, 7) is -0.423. The summed E-state index contributed by atoms with van der Waals surface area (Å²) in [4.78, 5) is 0. The molecule has 0 spiro atoms. The van der Waals surface area contributed by atoms with Gasteiger partial charge in [0.15, 0.2) is 6.29 Å². The lowest BCUT2D eigenvalue weighted by Gasteiger charge is -2.43. The molecule has 9 atom stereocenters. The van der Waals surface area contributed by atoms with Crippen LogP contribution < -0.4 is 0 Å². The fraction of sp³-hybridized carbons (Fsp3) is 0.684. The molecule has 0 bridgehead atoms. The molecule has 1 aromatic carbocycles. The standard InChI is InChI=1S/C19H28O11S/c20-8-12-11(6-13(21)15(12)22)7-14-18(30-31(25,26)27)16(23)17(24)19(29-14)28-9-10-4-2-1-3-5-10/h1-5,11-24H,6-9H2,(H,25,26,27)/p-1/t11-,12-,13+,14+,15+,16+,17+,18+,19+/m0/s1. The molecule has 1 aromatic rings. The topological polar surface area (TPSA) is 186 Å². The number of hydrogen-bond donors (Lipinski definition) is 5. The number of aliphatic hydroxyl groups excluding tert-OH is 5. The van der Waals surface area contributed by atoms with E-state index in [1.165, 1.54) is 0 Å². The van der Waals surface area contributed by atoms with Crippen molar-refractivity contribution in [3.63, 3.8) is 0 Å². The zero-order valence-electron chi connectivity index (χ0n) is 16.5. The minimum atomic E-state index is -5.25. The van der Waals surface area contributed by atoms with Crippen molar-refractivity contribution in [2.45, 2.75) is 62.4 Å². The Balaban J connectivity index is 1.77. The molecular weight excluding hydrogens is 436 g/mol. The van der Waals surface area contributed by atoms with Crippen molar-refractivity contribution in [3.8, 4) is 0 Å². The fourth-order valence-corrected chi connectivity index (χ4v) is 4.77. The molecule has 1 aliphatic heterocycles. The van der Waals surface area contributed by atoms with E-state index >= 15 is 0 Å². The lowest BCUT2D eigenvalue weighted by Crippen LogP contribution is -2.59. The monoisotopic (exact) mass is 463 g/mol. The SMILES string of the molecule is O=S(=O)([O-])O[C@H]1[C@H](O)[C@@H](O)[C@H](OCc2ccccc2)O[C@@H]1C[C@@H]1C[C@@H](O)[C@H](O)[C@H]1CO. The quantitative estimate of drug-likeness (QED) is 0.217. The molecule has 176 valence electrons. The van der Waals surface area contributed by atoms with Crippen LogP contribution in [-0.2, 0) is 30.7 Å². The molecule has 0 radical (unpaired) electrons. The van der Waals surface area contributed by atoms with Gasteiger partial charge >= 0.3 is 0 Å². The highest BCUT2D eigenvalue weighted by Crippen LogP contribution is 2.39. The third-order valence-corrected chi connectivity index (χ3v) is 6.31. The van der Waals surface area contributed by atoms with Gasteiger partial charge in [-0.05, 0) is 24.3 Å². The van der Waals surface area contributed by atoms with Crippen LogP contribution in [0.15, 0.2) is 30.3 Å². The summed E-state index contributed by atoms with van der Waals surface area (Å²) < 4.78 is 49.2.